The molecule has 0 N–H and O–H groups in total. The van der Waals surface area contributed by atoms with Crippen LogP contribution in [-0.2, 0) is 9.47 Å². The number of methoxy groups -OCH3 is 2. The van der Waals surface area contributed by atoms with Gasteiger partial charge in [0.05, 0.1) is 11.2 Å². The Kier molecular flexibility index (Phi) is 23.7. The minimum absolute atomic E-state index is 0.0657. The first kappa shape index (κ1) is 42.4. The second-order valence-electron chi connectivity index (χ2n) is 15.0. The van der Waals surface area contributed by atoms with Crippen LogP contribution in [0.1, 0.15) is 140 Å². The average molecular weight is 611 g/mol. The van der Waals surface area contributed by atoms with Crippen LogP contribution in [0.5, 0.6) is 0 Å². The monoisotopic (exact) mass is 611 g/mol. The van der Waals surface area contributed by atoms with E-state index in [-0.39, 0.29) is 11.2 Å². The average Bonchev–Trinajstić information content (AvgIpc) is 2.95. The van der Waals surface area contributed by atoms with Gasteiger partial charge in [-0.3, -0.25) is 0 Å². The zero-order valence-electron chi connectivity index (χ0n) is 31.3. The summed E-state index contributed by atoms with van der Waals surface area (Å²) in [6.07, 6.45) is 38.9. The van der Waals surface area contributed by atoms with E-state index in [0.717, 1.165) is 31.1 Å². The quantitative estimate of drug-likeness (QED) is 0.0581. The molecule has 5 atom stereocenters. The molecule has 0 heterocycles. The van der Waals surface area contributed by atoms with Gasteiger partial charge in [0.1, 0.15) is 0 Å². The molecule has 0 bridgehead atoms. The van der Waals surface area contributed by atoms with E-state index in [1.54, 1.807) is 14.2 Å². The molecule has 0 saturated heterocycles. The number of allylic oxidation sites excluding steroid dienone is 10. The summed E-state index contributed by atoms with van der Waals surface area (Å²) < 4.78 is 11.0. The highest BCUT2D eigenvalue weighted by atomic mass is 16.5. The van der Waals surface area contributed by atoms with Crippen LogP contribution in [0.3, 0.4) is 0 Å². The molecule has 0 radical (unpaired) electrons. The van der Waals surface area contributed by atoms with Gasteiger partial charge in [-0.05, 0) is 96.3 Å². The van der Waals surface area contributed by atoms with Crippen LogP contribution in [-0.4, -0.2) is 25.4 Å². The number of unbranched alkanes of at least 4 members (excludes halogenated alkanes) is 1. The zero-order valence-corrected chi connectivity index (χ0v) is 31.3. The van der Waals surface area contributed by atoms with Crippen LogP contribution in [0.4, 0.5) is 0 Å². The minimum Gasteiger partial charge on any atom is -0.378 e. The third-order valence-corrected chi connectivity index (χ3v) is 8.89. The molecule has 0 aliphatic heterocycles. The predicted octanol–water partition coefficient (Wildman–Crippen LogP) is 13.0. The molecule has 0 saturated carbocycles. The highest BCUT2D eigenvalue weighted by Crippen LogP contribution is 2.22. The molecular formula is C42H74O2. The molecule has 0 aromatic heterocycles. The van der Waals surface area contributed by atoms with Gasteiger partial charge < -0.3 is 9.47 Å². The van der Waals surface area contributed by atoms with Gasteiger partial charge in [-0.2, -0.15) is 0 Å². The Morgan fingerprint density at radius 3 is 1.77 bits per heavy atom. The number of hydrogen-bond donors (Lipinski definition) is 0. The molecule has 44 heavy (non-hydrogen) atoms. The number of rotatable bonds is 25. The van der Waals surface area contributed by atoms with Crippen molar-refractivity contribution in [2.24, 2.45) is 29.6 Å². The Hall–Kier alpha value is -1.64. The lowest BCUT2D eigenvalue weighted by Gasteiger charge is -2.20. The van der Waals surface area contributed by atoms with Crippen LogP contribution in [0.15, 0.2) is 72.4 Å². The topological polar surface area (TPSA) is 18.5 Å². The largest absolute Gasteiger partial charge is 0.378 e. The summed E-state index contributed by atoms with van der Waals surface area (Å²) in [6, 6.07) is 0. The summed E-state index contributed by atoms with van der Waals surface area (Å²) in [5.74, 6) is 3.34. The minimum atomic E-state index is -0.0984. The second kappa shape index (κ2) is 24.6. The van der Waals surface area contributed by atoms with Crippen molar-refractivity contribution in [3.8, 4) is 0 Å². The van der Waals surface area contributed by atoms with Crippen molar-refractivity contribution in [2.45, 2.75) is 151 Å². The van der Waals surface area contributed by atoms with Crippen LogP contribution in [0.2, 0.25) is 0 Å². The Balaban J connectivity index is 4.05. The third kappa shape index (κ3) is 25.7. The molecular weight excluding hydrogens is 536 g/mol. The molecule has 0 aliphatic carbocycles. The molecule has 0 aromatic carbocycles. The molecule has 0 spiro atoms. The maximum Gasteiger partial charge on any atom is 0.0657 e. The molecule has 2 heteroatoms. The lowest BCUT2D eigenvalue weighted by atomic mass is 9.92. The van der Waals surface area contributed by atoms with E-state index < -0.39 is 0 Å². The van der Waals surface area contributed by atoms with Gasteiger partial charge in [0, 0.05) is 14.2 Å². The van der Waals surface area contributed by atoms with Gasteiger partial charge in [0.15, 0.2) is 0 Å². The van der Waals surface area contributed by atoms with Crippen LogP contribution in [0.25, 0.3) is 0 Å². The van der Waals surface area contributed by atoms with Crippen molar-refractivity contribution in [3.63, 3.8) is 0 Å². The smallest absolute Gasteiger partial charge is 0.0657 e. The third-order valence-electron chi connectivity index (χ3n) is 8.89. The van der Waals surface area contributed by atoms with E-state index in [2.05, 4.69) is 136 Å². The first-order chi connectivity index (χ1) is 20.7. The van der Waals surface area contributed by atoms with Crippen LogP contribution >= 0.6 is 0 Å². The zero-order chi connectivity index (χ0) is 33.4. The van der Waals surface area contributed by atoms with Crippen molar-refractivity contribution in [1.82, 2.24) is 0 Å². The summed E-state index contributed by atoms with van der Waals surface area (Å²) in [6.45, 7) is 22.5. The Bertz CT molecular complexity index is 881. The van der Waals surface area contributed by atoms with E-state index in [1.807, 2.05) is 0 Å². The molecule has 0 rings (SSSR count). The molecule has 0 amide bonds. The summed E-state index contributed by atoms with van der Waals surface area (Å²) >= 11 is 0. The lowest BCUT2D eigenvalue weighted by molar-refractivity contribution is 0.0251. The van der Waals surface area contributed by atoms with Crippen molar-refractivity contribution in [2.75, 3.05) is 14.2 Å². The van der Waals surface area contributed by atoms with Crippen LogP contribution < -0.4 is 0 Å². The summed E-state index contributed by atoms with van der Waals surface area (Å²) in [5, 5.41) is 0. The second-order valence-corrected chi connectivity index (χ2v) is 15.0. The normalized spacial score (nSPS) is 17.5. The molecule has 2 nitrogen and oxygen atoms in total. The fraction of sp³-hybridized carbons (Fsp3) is 0.714. The van der Waals surface area contributed by atoms with E-state index in [1.165, 1.54) is 56.9 Å². The fourth-order valence-corrected chi connectivity index (χ4v) is 5.04. The fourth-order valence-electron chi connectivity index (χ4n) is 5.04. The number of ether oxygens (including phenoxy) is 2. The molecule has 0 fully saturated rings. The van der Waals surface area contributed by atoms with Crippen molar-refractivity contribution < 1.29 is 9.47 Å². The van der Waals surface area contributed by atoms with Gasteiger partial charge in [0.2, 0.25) is 0 Å². The maximum atomic E-state index is 5.50. The molecule has 254 valence electrons. The summed E-state index contributed by atoms with van der Waals surface area (Å²) in [5.41, 5.74) is 1.10. The maximum absolute atomic E-state index is 5.50. The Labute approximate surface area is 276 Å². The predicted molar refractivity (Wildman–Crippen MR) is 198 cm³/mol. The van der Waals surface area contributed by atoms with Gasteiger partial charge in [-0.15, -0.1) is 0 Å². The standard InChI is InChI=1S/C42H74O2/c1-35(23-15-25-37(3)27-17-29-39(5)31-19-33-41(7,8)43-11)21-13-14-22-36(2)24-16-26-38(4)28-18-30-40(6)32-20-34-42(9,10)44-12/h15,17-20,25,27-29,31-32,35-38,40H,13-14,16,21-24,26,30,33-34H2,1-12H3/b25-15+,27-17+,28-18+,31-19+,32-20+,39-29+. The summed E-state index contributed by atoms with van der Waals surface area (Å²) in [4.78, 5) is 0. The lowest BCUT2D eigenvalue weighted by Crippen LogP contribution is -2.20. The van der Waals surface area contributed by atoms with Gasteiger partial charge in [0.25, 0.3) is 0 Å². The van der Waals surface area contributed by atoms with Crippen molar-refractivity contribution in [3.05, 3.63) is 72.4 Å². The highest BCUT2D eigenvalue weighted by molar-refractivity contribution is 5.22. The van der Waals surface area contributed by atoms with Crippen molar-refractivity contribution >= 4 is 0 Å². The highest BCUT2D eigenvalue weighted by Gasteiger charge is 2.14. The van der Waals surface area contributed by atoms with Gasteiger partial charge in [-0.1, -0.05) is 146 Å². The van der Waals surface area contributed by atoms with E-state index in [9.17, 15) is 0 Å². The van der Waals surface area contributed by atoms with Crippen LogP contribution in [0, 0.1) is 29.6 Å². The SMILES string of the molecule is COC(C)(C)C/C=C/C(C)=C/C=C/C(C)/C=C/CC(C)CCCCC(C)CCCC(C)/C=C/CC(C)/C=C/CC(C)(C)OC. The van der Waals surface area contributed by atoms with Crippen molar-refractivity contribution in [1.29, 1.82) is 0 Å². The first-order valence-corrected chi connectivity index (χ1v) is 17.8. The first-order valence-electron chi connectivity index (χ1n) is 17.8. The molecule has 5 unspecified atom stereocenters. The van der Waals surface area contributed by atoms with E-state index in [0.29, 0.717) is 17.8 Å². The molecule has 0 aromatic rings. The Morgan fingerprint density at radius 2 is 1.14 bits per heavy atom. The van der Waals surface area contributed by atoms with Gasteiger partial charge >= 0.3 is 0 Å². The summed E-state index contributed by atoms with van der Waals surface area (Å²) in [7, 11) is 3.56. The molecule has 0 aliphatic rings. The van der Waals surface area contributed by atoms with E-state index >= 15 is 0 Å². The van der Waals surface area contributed by atoms with Gasteiger partial charge in [-0.25, -0.2) is 0 Å². The number of hydrogen-bond acceptors (Lipinski definition) is 2. The van der Waals surface area contributed by atoms with E-state index in [4.69, 9.17) is 9.47 Å². The Morgan fingerprint density at radius 1 is 0.591 bits per heavy atom.